The Hall–Kier alpha value is -0.610. The van der Waals surface area contributed by atoms with Crippen LogP contribution >= 0.6 is 0 Å². The molecule has 3 atom stereocenters. The first-order chi connectivity index (χ1) is 9.11. The Morgan fingerprint density at radius 3 is 2.84 bits per heavy atom. The summed E-state index contributed by atoms with van der Waals surface area (Å²) in [5.74, 6) is 0.876. The summed E-state index contributed by atoms with van der Waals surface area (Å²) < 4.78 is 5.69. The Morgan fingerprint density at radius 2 is 2.26 bits per heavy atom. The molecular formula is C15H28N2O2. The summed E-state index contributed by atoms with van der Waals surface area (Å²) >= 11 is 0. The summed E-state index contributed by atoms with van der Waals surface area (Å²) in [6.45, 7) is 8.18. The maximum absolute atomic E-state index is 12.5. The van der Waals surface area contributed by atoms with Gasteiger partial charge in [-0.1, -0.05) is 27.2 Å². The first-order valence-electron chi connectivity index (χ1n) is 7.80. The van der Waals surface area contributed by atoms with Crippen molar-refractivity contribution in [2.24, 2.45) is 5.92 Å². The van der Waals surface area contributed by atoms with E-state index in [1.165, 1.54) is 0 Å². The van der Waals surface area contributed by atoms with Gasteiger partial charge in [0.15, 0.2) is 0 Å². The number of nitrogens with zero attached hydrogens (tertiary/aromatic N) is 1. The molecule has 0 spiro atoms. The fourth-order valence-electron chi connectivity index (χ4n) is 3.11. The standard InChI is InChI=1S/C15H28N2O2/c1-4-6-13-15(18)17(10-12-7-5-8-19-12)14(16-13)9-11(2)3/h11-14,16H,4-10H2,1-3H3. The highest BCUT2D eigenvalue weighted by atomic mass is 16.5. The Kier molecular flexibility index (Phi) is 5.22. The molecule has 2 rings (SSSR count). The van der Waals surface area contributed by atoms with E-state index >= 15 is 0 Å². The predicted molar refractivity (Wildman–Crippen MR) is 75.8 cm³/mol. The van der Waals surface area contributed by atoms with E-state index in [0.29, 0.717) is 5.92 Å². The molecule has 2 fully saturated rings. The van der Waals surface area contributed by atoms with Crippen LogP contribution in [-0.4, -0.2) is 42.3 Å². The zero-order valence-electron chi connectivity index (χ0n) is 12.5. The van der Waals surface area contributed by atoms with Gasteiger partial charge in [-0.05, 0) is 31.6 Å². The van der Waals surface area contributed by atoms with Crippen LogP contribution < -0.4 is 5.32 Å². The van der Waals surface area contributed by atoms with Crippen LogP contribution in [-0.2, 0) is 9.53 Å². The molecule has 4 heteroatoms. The molecule has 0 radical (unpaired) electrons. The fourth-order valence-corrected chi connectivity index (χ4v) is 3.11. The van der Waals surface area contributed by atoms with Crippen molar-refractivity contribution in [1.29, 1.82) is 0 Å². The average Bonchev–Trinajstić information content (AvgIpc) is 2.94. The maximum Gasteiger partial charge on any atom is 0.241 e. The summed E-state index contributed by atoms with van der Waals surface area (Å²) in [4.78, 5) is 14.5. The Bertz CT molecular complexity index is 301. The van der Waals surface area contributed by atoms with Gasteiger partial charge in [-0.15, -0.1) is 0 Å². The highest BCUT2D eigenvalue weighted by molar-refractivity contribution is 5.84. The summed E-state index contributed by atoms with van der Waals surface area (Å²) in [6.07, 6.45) is 5.69. The predicted octanol–water partition coefficient (Wildman–Crippen LogP) is 2.14. The number of hydrogen-bond acceptors (Lipinski definition) is 3. The Balaban J connectivity index is 1.99. The van der Waals surface area contributed by atoms with E-state index in [1.807, 2.05) is 4.90 Å². The smallest absolute Gasteiger partial charge is 0.241 e. The minimum absolute atomic E-state index is 0.0233. The van der Waals surface area contributed by atoms with Crippen LogP contribution in [0.25, 0.3) is 0 Å². The average molecular weight is 268 g/mol. The van der Waals surface area contributed by atoms with Gasteiger partial charge in [0.1, 0.15) is 0 Å². The van der Waals surface area contributed by atoms with E-state index < -0.39 is 0 Å². The molecule has 1 amide bonds. The molecule has 3 unspecified atom stereocenters. The largest absolute Gasteiger partial charge is 0.376 e. The number of amides is 1. The van der Waals surface area contributed by atoms with E-state index in [-0.39, 0.29) is 24.2 Å². The van der Waals surface area contributed by atoms with Crippen molar-refractivity contribution in [3.05, 3.63) is 0 Å². The van der Waals surface area contributed by atoms with Gasteiger partial charge in [0.25, 0.3) is 0 Å². The second-order valence-corrected chi connectivity index (χ2v) is 6.28. The fraction of sp³-hybridized carbons (Fsp3) is 0.933. The highest BCUT2D eigenvalue weighted by Gasteiger charge is 2.39. The first kappa shape index (κ1) is 14.8. The van der Waals surface area contributed by atoms with E-state index in [4.69, 9.17) is 4.74 Å². The molecule has 110 valence electrons. The molecule has 0 aromatic heterocycles. The molecular weight excluding hydrogens is 240 g/mol. The lowest BCUT2D eigenvalue weighted by Gasteiger charge is -2.27. The number of nitrogens with one attached hydrogen (secondary N) is 1. The zero-order valence-corrected chi connectivity index (χ0v) is 12.5. The monoisotopic (exact) mass is 268 g/mol. The van der Waals surface area contributed by atoms with Crippen molar-refractivity contribution in [2.45, 2.75) is 71.2 Å². The third-order valence-electron chi connectivity index (χ3n) is 4.05. The number of ether oxygens (including phenoxy) is 1. The minimum Gasteiger partial charge on any atom is -0.376 e. The van der Waals surface area contributed by atoms with Crippen molar-refractivity contribution in [2.75, 3.05) is 13.2 Å². The molecule has 2 saturated heterocycles. The lowest BCUT2D eigenvalue weighted by molar-refractivity contribution is -0.131. The molecule has 0 aromatic carbocycles. The Morgan fingerprint density at radius 1 is 1.47 bits per heavy atom. The summed E-state index contributed by atoms with van der Waals surface area (Å²) in [6, 6.07) is 0.0233. The molecule has 1 N–H and O–H groups in total. The highest BCUT2D eigenvalue weighted by Crippen LogP contribution is 2.23. The van der Waals surface area contributed by atoms with E-state index in [9.17, 15) is 4.79 Å². The SMILES string of the molecule is CCCC1NC(CC(C)C)N(CC2CCCO2)C1=O. The zero-order chi connectivity index (χ0) is 13.8. The molecule has 0 saturated carbocycles. The second kappa shape index (κ2) is 6.71. The van der Waals surface area contributed by atoms with Crippen LogP contribution in [0.2, 0.25) is 0 Å². The van der Waals surface area contributed by atoms with Gasteiger partial charge in [0, 0.05) is 13.2 Å². The van der Waals surface area contributed by atoms with Gasteiger partial charge in [0.2, 0.25) is 5.91 Å². The molecule has 0 aliphatic carbocycles. The number of rotatable bonds is 6. The summed E-state index contributed by atoms with van der Waals surface area (Å²) in [7, 11) is 0. The van der Waals surface area contributed by atoms with Gasteiger partial charge >= 0.3 is 0 Å². The lowest BCUT2D eigenvalue weighted by Crippen LogP contribution is -2.42. The number of hydrogen-bond donors (Lipinski definition) is 1. The van der Waals surface area contributed by atoms with Crippen molar-refractivity contribution in [3.63, 3.8) is 0 Å². The van der Waals surface area contributed by atoms with Crippen molar-refractivity contribution in [1.82, 2.24) is 10.2 Å². The van der Waals surface area contributed by atoms with Crippen LogP contribution in [0.15, 0.2) is 0 Å². The van der Waals surface area contributed by atoms with Crippen LogP contribution in [0.1, 0.15) is 52.9 Å². The first-order valence-corrected chi connectivity index (χ1v) is 7.80. The second-order valence-electron chi connectivity index (χ2n) is 6.28. The van der Waals surface area contributed by atoms with Gasteiger partial charge in [-0.25, -0.2) is 0 Å². The van der Waals surface area contributed by atoms with E-state index in [2.05, 4.69) is 26.1 Å². The van der Waals surface area contributed by atoms with E-state index in [0.717, 1.165) is 45.3 Å². The topological polar surface area (TPSA) is 41.6 Å². The van der Waals surface area contributed by atoms with Crippen LogP contribution in [0, 0.1) is 5.92 Å². The van der Waals surface area contributed by atoms with Crippen LogP contribution in [0.4, 0.5) is 0 Å². The molecule has 0 bridgehead atoms. The van der Waals surface area contributed by atoms with Gasteiger partial charge < -0.3 is 9.64 Å². The summed E-state index contributed by atoms with van der Waals surface area (Å²) in [5, 5.41) is 3.52. The third-order valence-corrected chi connectivity index (χ3v) is 4.05. The van der Waals surface area contributed by atoms with Gasteiger partial charge in [-0.2, -0.15) is 0 Å². The maximum atomic E-state index is 12.5. The van der Waals surface area contributed by atoms with E-state index in [1.54, 1.807) is 0 Å². The summed E-state index contributed by atoms with van der Waals surface area (Å²) in [5.41, 5.74) is 0. The van der Waals surface area contributed by atoms with Crippen molar-refractivity contribution < 1.29 is 9.53 Å². The normalized spacial score (nSPS) is 31.7. The third kappa shape index (κ3) is 3.69. The molecule has 2 heterocycles. The molecule has 0 aromatic rings. The Labute approximate surface area is 116 Å². The van der Waals surface area contributed by atoms with Gasteiger partial charge in [0.05, 0.1) is 18.3 Å². The van der Waals surface area contributed by atoms with Crippen LogP contribution in [0.5, 0.6) is 0 Å². The van der Waals surface area contributed by atoms with Crippen LogP contribution in [0.3, 0.4) is 0 Å². The number of carbonyl (C=O) groups excluding carboxylic acids is 1. The van der Waals surface area contributed by atoms with Crippen molar-refractivity contribution >= 4 is 5.91 Å². The molecule has 2 aliphatic heterocycles. The lowest BCUT2D eigenvalue weighted by atomic mass is 10.1. The van der Waals surface area contributed by atoms with Crippen molar-refractivity contribution in [3.8, 4) is 0 Å². The van der Waals surface area contributed by atoms with Gasteiger partial charge in [-0.3, -0.25) is 10.1 Å². The molecule has 19 heavy (non-hydrogen) atoms. The molecule has 2 aliphatic rings. The quantitative estimate of drug-likeness (QED) is 0.802. The molecule has 4 nitrogen and oxygen atoms in total. The minimum atomic E-state index is 0.0233. The number of carbonyl (C=O) groups is 1.